The molecule has 0 bridgehead atoms. The third-order valence-corrected chi connectivity index (χ3v) is 11.7. The normalized spacial score (nSPS) is 35.0. The Balaban J connectivity index is 1.28. The molecular formula is C35H50N2O3. The summed E-state index contributed by atoms with van der Waals surface area (Å²) in [7, 11) is 1.60. The van der Waals surface area contributed by atoms with Gasteiger partial charge in [0.2, 0.25) is 0 Å². The van der Waals surface area contributed by atoms with E-state index >= 15 is 0 Å². The molecule has 5 nitrogen and oxygen atoms in total. The second-order valence-corrected chi connectivity index (χ2v) is 14.3. The number of methoxy groups -OCH3 is 1. The number of amides is 1. The number of ketones is 1. The quantitative estimate of drug-likeness (QED) is 0.336. The Morgan fingerprint density at radius 2 is 1.80 bits per heavy atom. The van der Waals surface area contributed by atoms with Gasteiger partial charge in [0.15, 0.2) is 5.78 Å². The molecule has 218 valence electrons. The van der Waals surface area contributed by atoms with Gasteiger partial charge in [-0.25, -0.2) is 5.43 Å². The van der Waals surface area contributed by atoms with Gasteiger partial charge in [0.25, 0.3) is 5.91 Å². The summed E-state index contributed by atoms with van der Waals surface area (Å²) in [6.45, 7) is 12.1. The number of nitrogens with one attached hydrogen (secondary N) is 1. The van der Waals surface area contributed by atoms with Gasteiger partial charge in [-0.15, -0.1) is 0 Å². The molecule has 0 unspecified atom stereocenters. The molecule has 0 spiro atoms. The largest absolute Gasteiger partial charge is 0.497 e. The Hall–Kier alpha value is -2.43. The summed E-state index contributed by atoms with van der Waals surface area (Å²) in [6, 6.07) is 6.99. The first-order chi connectivity index (χ1) is 19.1. The molecule has 5 rings (SSSR count). The SMILES string of the molecule is COc1ccc(C(=O)N/N=C2/C=C3C(=O)C[C@H]4[C@@H]5CC[C@H]([C@H](C)CCCC(C)C)[C@@]5(C)CC[C@@H]4[C@@]3(C)CC2)cc1. The highest BCUT2D eigenvalue weighted by Gasteiger charge is 2.60. The van der Waals surface area contributed by atoms with Gasteiger partial charge in [-0.1, -0.05) is 53.9 Å². The molecule has 1 aromatic rings. The zero-order valence-electron chi connectivity index (χ0n) is 25.6. The van der Waals surface area contributed by atoms with E-state index in [0.29, 0.717) is 46.7 Å². The number of Topliss-reactive ketones (excluding diaryl/α,β-unsaturated/α-hetero) is 1. The summed E-state index contributed by atoms with van der Waals surface area (Å²) in [4.78, 5) is 26.4. The monoisotopic (exact) mass is 546 g/mol. The maximum Gasteiger partial charge on any atom is 0.271 e. The molecule has 0 aromatic heterocycles. The minimum atomic E-state index is -0.252. The van der Waals surface area contributed by atoms with E-state index < -0.39 is 0 Å². The maximum absolute atomic E-state index is 13.7. The summed E-state index contributed by atoms with van der Waals surface area (Å²) in [6.07, 6.45) is 13.6. The number of nitrogens with zero attached hydrogens (tertiary/aromatic N) is 1. The topological polar surface area (TPSA) is 67.8 Å². The van der Waals surface area contributed by atoms with Crippen LogP contribution in [0.1, 0.15) is 109 Å². The highest BCUT2D eigenvalue weighted by Crippen LogP contribution is 2.67. The van der Waals surface area contributed by atoms with Gasteiger partial charge < -0.3 is 4.74 Å². The molecular weight excluding hydrogens is 496 g/mol. The number of hydrogen-bond donors (Lipinski definition) is 1. The second-order valence-electron chi connectivity index (χ2n) is 14.3. The average Bonchev–Trinajstić information content (AvgIpc) is 3.29. The van der Waals surface area contributed by atoms with E-state index in [1.54, 1.807) is 31.4 Å². The lowest BCUT2D eigenvalue weighted by molar-refractivity contribution is -0.128. The molecule has 7 atom stereocenters. The Morgan fingerprint density at radius 1 is 1.05 bits per heavy atom. The van der Waals surface area contributed by atoms with Crippen molar-refractivity contribution in [3.63, 3.8) is 0 Å². The summed E-state index contributed by atoms with van der Waals surface area (Å²) in [5.74, 6) is 4.88. The molecule has 1 N–H and O–H groups in total. The summed E-state index contributed by atoms with van der Waals surface area (Å²) < 4.78 is 5.18. The molecule has 40 heavy (non-hydrogen) atoms. The van der Waals surface area contributed by atoms with E-state index in [0.717, 1.165) is 41.9 Å². The van der Waals surface area contributed by atoms with Crippen LogP contribution in [0.2, 0.25) is 0 Å². The first-order valence-electron chi connectivity index (χ1n) is 15.8. The van der Waals surface area contributed by atoms with E-state index in [1.807, 2.05) is 6.08 Å². The van der Waals surface area contributed by atoms with E-state index in [4.69, 9.17) is 4.74 Å². The third-order valence-electron chi connectivity index (χ3n) is 11.7. The number of ether oxygens (including phenoxy) is 1. The Labute approximate surface area is 241 Å². The highest BCUT2D eigenvalue weighted by molar-refractivity contribution is 6.08. The van der Waals surface area contributed by atoms with Gasteiger partial charge in [0, 0.05) is 17.6 Å². The van der Waals surface area contributed by atoms with Crippen molar-refractivity contribution in [2.24, 2.45) is 51.4 Å². The average molecular weight is 547 g/mol. The Morgan fingerprint density at radius 3 is 2.50 bits per heavy atom. The van der Waals surface area contributed by atoms with Crippen LogP contribution >= 0.6 is 0 Å². The van der Waals surface area contributed by atoms with E-state index in [9.17, 15) is 9.59 Å². The zero-order valence-corrected chi connectivity index (χ0v) is 25.6. The number of fused-ring (bicyclic) bond motifs is 5. The fourth-order valence-corrected chi connectivity index (χ4v) is 9.44. The van der Waals surface area contributed by atoms with Crippen LogP contribution in [0.5, 0.6) is 5.75 Å². The molecule has 3 saturated carbocycles. The molecule has 1 aromatic carbocycles. The highest BCUT2D eigenvalue weighted by atomic mass is 16.5. The number of allylic oxidation sites excluding steroid dienone is 2. The maximum atomic E-state index is 13.7. The summed E-state index contributed by atoms with van der Waals surface area (Å²) >= 11 is 0. The van der Waals surface area contributed by atoms with Crippen molar-refractivity contribution in [2.75, 3.05) is 7.11 Å². The third kappa shape index (κ3) is 5.30. The van der Waals surface area contributed by atoms with Gasteiger partial charge in [0.05, 0.1) is 12.8 Å². The number of carbonyl (C=O) groups is 2. The number of hydrogen-bond acceptors (Lipinski definition) is 4. The molecule has 5 heteroatoms. The van der Waals surface area contributed by atoms with Crippen LogP contribution in [-0.2, 0) is 4.79 Å². The predicted molar refractivity (Wildman–Crippen MR) is 161 cm³/mol. The lowest BCUT2D eigenvalue weighted by atomic mass is 9.46. The predicted octanol–water partition coefficient (Wildman–Crippen LogP) is 8.00. The van der Waals surface area contributed by atoms with E-state index in [-0.39, 0.29) is 11.3 Å². The zero-order chi connectivity index (χ0) is 28.7. The van der Waals surface area contributed by atoms with Crippen molar-refractivity contribution in [3.8, 4) is 5.75 Å². The molecule has 0 aliphatic heterocycles. The van der Waals surface area contributed by atoms with Crippen LogP contribution in [-0.4, -0.2) is 24.5 Å². The molecule has 4 aliphatic carbocycles. The first kappa shape index (κ1) is 29.1. The lowest BCUT2D eigenvalue weighted by Crippen LogP contribution is -2.53. The number of carbonyl (C=O) groups excluding carboxylic acids is 2. The number of benzene rings is 1. The van der Waals surface area contributed by atoms with Crippen LogP contribution in [0.25, 0.3) is 0 Å². The van der Waals surface area contributed by atoms with Crippen molar-refractivity contribution in [1.82, 2.24) is 5.43 Å². The van der Waals surface area contributed by atoms with Crippen molar-refractivity contribution in [3.05, 3.63) is 41.5 Å². The van der Waals surface area contributed by atoms with Crippen LogP contribution in [0.3, 0.4) is 0 Å². The van der Waals surface area contributed by atoms with E-state index in [2.05, 4.69) is 45.1 Å². The van der Waals surface area contributed by atoms with Gasteiger partial charge in [0.1, 0.15) is 5.75 Å². The minimum Gasteiger partial charge on any atom is -0.497 e. The Kier molecular flexibility index (Phi) is 8.32. The lowest BCUT2D eigenvalue weighted by Gasteiger charge is -2.58. The molecule has 3 fully saturated rings. The van der Waals surface area contributed by atoms with E-state index in [1.165, 1.54) is 44.9 Å². The van der Waals surface area contributed by atoms with Crippen molar-refractivity contribution >= 4 is 17.4 Å². The molecule has 1 amide bonds. The van der Waals surface area contributed by atoms with Crippen molar-refractivity contribution < 1.29 is 14.3 Å². The van der Waals surface area contributed by atoms with Crippen LogP contribution in [0, 0.1) is 46.3 Å². The van der Waals surface area contributed by atoms with Crippen LogP contribution in [0.4, 0.5) is 0 Å². The van der Waals surface area contributed by atoms with Crippen molar-refractivity contribution in [2.45, 2.75) is 98.8 Å². The van der Waals surface area contributed by atoms with Gasteiger partial charge in [-0.3, -0.25) is 9.59 Å². The molecule has 0 heterocycles. The molecule has 4 aliphatic rings. The standard InChI is InChI=1S/C35H50N2O3/c1-22(2)8-7-9-23(3)28-14-15-29-27-21-32(38)31-20-25(16-18-35(31,5)30(27)17-19-34(28,29)4)36-37-33(39)24-10-12-26(40-6)13-11-24/h10-13,20,22-23,27-30H,7-9,14-19,21H2,1-6H3,(H,37,39)/b36-25+/t23-,27+,28-,29+,30+,34-,35-/m1/s1. The first-order valence-corrected chi connectivity index (χ1v) is 15.8. The number of hydrazone groups is 1. The fourth-order valence-electron chi connectivity index (χ4n) is 9.44. The van der Waals surface area contributed by atoms with Crippen LogP contribution < -0.4 is 10.2 Å². The van der Waals surface area contributed by atoms with Crippen LogP contribution in [0.15, 0.2) is 41.0 Å². The Bertz CT molecular complexity index is 1170. The summed E-state index contributed by atoms with van der Waals surface area (Å²) in [5, 5.41) is 4.45. The van der Waals surface area contributed by atoms with Gasteiger partial charge >= 0.3 is 0 Å². The minimum absolute atomic E-state index is 0.0820. The van der Waals surface area contributed by atoms with Gasteiger partial charge in [-0.2, -0.15) is 5.10 Å². The molecule has 0 radical (unpaired) electrons. The van der Waals surface area contributed by atoms with Crippen molar-refractivity contribution in [1.29, 1.82) is 0 Å². The fraction of sp³-hybridized carbons (Fsp3) is 0.686. The van der Waals surface area contributed by atoms with Gasteiger partial charge in [-0.05, 0) is 115 Å². The smallest absolute Gasteiger partial charge is 0.271 e. The second kappa shape index (κ2) is 11.4. The summed E-state index contributed by atoms with van der Waals surface area (Å²) in [5.41, 5.74) is 5.30. The molecule has 0 saturated heterocycles. The number of rotatable bonds is 8.